The standard InChI is InChI=1S/C4H8O2Si/c1-7-6-3-4-2-5-4/h4H,2-3H2,1H3. The molecule has 0 saturated carbocycles. The number of hydrogen-bond acceptors (Lipinski definition) is 2. The Balaban J connectivity index is 1.80. The second kappa shape index (κ2) is 2.45. The summed E-state index contributed by atoms with van der Waals surface area (Å²) in [5.74, 6) is 0. The molecular weight excluding hydrogens is 108 g/mol. The Kier molecular flexibility index (Phi) is 1.84. The van der Waals surface area contributed by atoms with Crippen LogP contribution >= 0.6 is 0 Å². The molecule has 0 spiro atoms. The Bertz CT molecular complexity index is 53.7. The molecule has 1 fully saturated rings. The maximum absolute atomic E-state index is 5.06. The van der Waals surface area contributed by atoms with Gasteiger partial charge in [-0.05, 0) is 6.55 Å². The van der Waals surface area contributed by atoms with Crippen LogP contribution in [0.2, 0.25) is 6.55 Å². The van der Waals surface area contributed by atoms with E-state index in [-0.39, 0.29) is 0 Å². The third-order valence-electron chi connectivity index (χ3n) is 0.816. The van der Waals surface area contributed by atoms with Crippen molar-refractivity contribution in [2.75, 3.05) is 13.2 Å². The van der Waals surface area contributed by atoms with Gasteiger partial charge in [0.15, 0.2) is 0 Å². The summed E-state index contributed by atoms with van der Waals surface area (Å²) in [6, 6.07) is 0. The van der Waals surface area contributed by atoms with Crippen molar-refractivity contribution in [3.05, 3.63) is 0 Å². The van der Waals surface area contributed by atoms with Crippen LogP contribution in [0.5, 0.6) is 0 Å². The molecule has 1 rings (SSSR count). The first-order chi connectivity index (χ1) is 3.43. The Morgan fingerprint density at radius 3 is 3.14 bits per heavy atom. The molecule has 7 heavy (non-hydrogen) atoms. The lowest BCUT2D eigenvalue weighted by atomic mass is 10.5. The molecule has 0 aromatic rings. The molecule has 2 nitrogen and oxygen atoms in total. The molecule has 0 bridgehead atoms. The van der Waals surface area contributed by atoms with E-state index in [9.17, 15) is 0 Å². The molecule has 0 N–H and O–H groups in total. The fraction of sp³-hybridized carbons (Fsp3) is 1.00. The summed E-state index contributed by atoms with van der Waals surface area (Å²) in [6.07, 6.45) is 0.437. The van der Waals surface area contributed by atoms with Crippen LogP contribution in [0.4, 0.5) is 0 Å². The SMILES string of the molecule is C[Si]OCC1CO1. The highest BCUT2D eigenvalue weighted by atomic mass is 28.2. The predicted octanol–water partition coefficient (Wildman–Crippen LogP) is 0.0691. The minimum absolute atomic E-state index is 0.437. The first-order valence-electron chi connectivity index (χ1n) is 2.33. The first-order valence-corrected chi connectivity index (χ1v) is 3.74. The van der Waals surface area contributed by atoms with Crippen LogP contribution in [0.3, 0.4) is 0 Å². The third kappa shape index (κ3) is 2.06. The van der Waals surface area contributed by atoms with Gasteiger partial charge in [0.25, 0.3) is 0 Å². The molecule has 0 aromatic heterocycles. The molecular formula is C4H8O2Si. The summed E-state index contributed by atoms with van der Waals surface area (Å²) in [4.78, 5) is 0. The molecule has 1 aliphatic heterocycles. The lowest BCUT2D eigenvalue weighted by Gasteiger charge is -1.90. The minimum Gasteiger partial charge on any atom is -0.415 e. The third-order valence-corrected chi connectivity index (χ3v) is 1.27. The zero-order valence-electron chi connectivity index (χ0n) is 4.31. The number of rotatable bonds is 3. The van der Waals surface area contributed by atoms with E-state index in [2.05, 4.69) is 0 Å². The molecule has 40 valence electrons. The highest BCUT2D eigenvalue weighted by Crippen LogP contribution is 2.07. The average molecular weight is 116 g/mol. The molecule has 1 atom stereocenters. The van der Waals surface area contributed by atoms with Crippen molar-refractivity contribution in [2.45, 2.75) is 12.7 Å². The van der Waals surface area contributed by atoms with E-state index in [1.807, 2.05) is 6.55 Å². The van der Waals surface area contributed by atoms with E-state index in [4.69, 9.17) is 9.16 Å². The maximum Gasteiger partial charge on any atom is 0.226 e. The molecule has 0 amide bonds. The van der Waals surface area contributed by atoms with Gasteiger partial charge in [0, 0.05) is 0 Å². The zero-order chi connectivity index (χ0) is 5.11. The van der Waals surface area contributed by atoms with Crippen LogP contribution in [0, 0.1) is 0 Å². The van der Waals surface area contributed by atoms with Gasteiger partial charge in [-0.25, -0.2) is 0 Å². The largest absolute Gasteiger partial charge is 0.415 e. The van der Waals surface area contributed by atoms with Crippen molar-refractivity contribution >= 4 is 9.76 Å². The second-order valence-corrected chi connectivity index (χ2v) is 2.17. The molecule has 1 saturated heterocycles. The smallest absolute Gasteiger partial charge is 0.226 e. The summed E-state index contributed by atoms with van der Waals surface area (Å²) < 4.78 is 9.95. The van der Waals surface area contributed by atoms with Crippen molar-refractivity contribution in [3.63, 3.8) is 0 Å². The van der Waals surface area contributed by atoms with Gasteiger partial charge in [0.1, 0.15) is 6.10 Å². The number of hydrogen-bond donors (Lipinski definition) is 0. The molecule has 1 heterocycles. The van der Waals surface area contributed by atoms with E-state index < -0.39 is 0 Å². The predicted molar refractivity (Wildman–Crippen MR) is 27.3 cm³/mol. The molecule has 0 aromatic carbocycles. The van der Waals surface area contributed by atoms with Crippen molar-refractivity contribution in [1.29, 1.82) is 0 Å². The van der Waals surface area contributed by atoms with Crippen molar-refractivity contribution in [2.24, 2.45) is 0 Å². The van der Waals surface area contributed by atoms with Gasteiger partial charge >= 0.3 is 0 Å². The van der Waals surface area contributed by atoms with Crippen LogP contribution < -0.4 is 0 Å². The highest BCUT2D eigenvalue weighted by molar-refractivity contribution is 6.24. The van der Waals surface area contributed by atoms with E-state index in [1.54, 1.807) is 0 Å². The number of ether oxygens (including phenoxy) is 1. The lowest BCUT2D eigenvalue weighted by Crippen LogP contribution is -2.01. The molecule has 3 heteroatoms. The van der Waals surface area contributed by atoms with Crippen LogP contribution in [0.25, 0.3) is 0 Å². The van der Waals surface area contributed by atoms with Crippen LogP contribution in [-0.4, -0.2) is 29.1 Å². The van der Waals surface area contributed by atoms with Gasteiger partial charge in [0.2, 0.25) is 9.76 Å². The quantitative estimate of drug-likeness (QED) is 0.384. The highest BCUT2D eigenvalue weighted by Gasteiger charge is 2.21. The van der Waals surface area contributed by atoms with Gasteiger partial charge in [-0.15, -0.1) is 0 Å². The van der Waals surface area contributed by atoms with Gasteiger partial charge in [-0.1, -0.05) is 0 Å². The summed E-state index contributed by atoms with van der Waals surface area (Å²) in [6.45, 7) is 3.72. The summed E-state index contributed by atoms with van der Waals surface area (Å²) in [5.41, 5.74) is 0. The monoisotopic (exact) mass is 116 g/mol. The van der Waals surface area contributed by atoms with Gasteiger partial charge in [0.05, 0.1) is 13.2 Å². The van der Waals surface area contributed by atoms with Gasteiger partial charge in [-0.2, -0.15) is 0 Å². The van der Waals surface area contributed by atoms with Crippen molar-refractivity contribution < 1.29 is 9.16 Å². The summed E-state index contributed by atoms with van der Waals surface area (Å²) in [7, 11) is 0.611. The Hall–Kier alpha value is 0.137. The van der Waals surface area contributed by atoms with Crippen LogP contribution in [0.15, 0.2) is 0 Å². The lowest BCUT2D eigenvalue weighted by molar-refractivity contribution is 0.275. The molecule has 1 unspecified atom stereocenters. The van der Waals surface area contributed by atoms with Gasteiger partial charge < -0.3 is 9.16 Å². The fourth-order valence-electron chi connectivity index (χ4n) is 0.341. The average Bonchev–Trinajstić information content (AvgIpc) is 2.42. The first kappa shape index (κ1) is 5.28. The molecule has 2 radical (unpaired) electrons. The Labute approximate surface area is 45.8 Å². The summed E-state index contributed by atoms with van der Waals surface area (Å²) in [5, 5.41) is 0. The second-order valence-electron chi connectivity index (χ2n) is 1.47. The minimum atomic E-state index is 0.437. The summed E-state index contributed by atoms with van der Waals surface area (Å²) >= 11 is 0. The Morgan fingerprint density at radius 2 is 2.71 bits per heavy atom. The Morgan fingerprint density at radius 1 is 2.00 bits per heavy atom. The molecule has 0 aliphatic carbocycles. The van der Waals surface area contributed by atoms with E-state index in [1.165, 1.54) is 0 Å². The van der Waals surface area contributed by atoms with Crippen molar-refractivity contribution in [1.82, 2.24) is 0 Å². The normalized spacial score (nSPS) is 27.9. The van der Waals surface area contributed by atoms with E-state index in [0.29, 0.717) is 15.9 Å². The van der Waals surface area contributed by atoms with Gasteiger partial charge in [-0.3, -0.25) is 0 Å². The maximum atomic E-state index is 5.06. The van der Waals surface area contributed by atoms with Crippen LogP contribution in [0.1, 0.15) is 0 Å². The fourth-order valence-corrected chi connectivity index (χ4v) is 0.693. The van der Waals surface area contributed by atoms with E-state index >= 15 is 0 Å². The van der Waals surface area contributed by atoms with E-state index in [0.717, 1.165) is 13.2 Å². The number of epoxide rings is 1. The molecule has 1 aliphatic rings. The van der Waals surface area contributed by atoms with Crippen molar-refractivity contribution in [3.8, 4) is 0 Å². The van der Waals surface area contributed by atoms with Crippen LogP contribution in [-0.2, 0) is 9.16 Å². The topological polar surface area (TPSA) is 21.8 Å². The zero-order valence-corrected chi connectivity index (χ0v) is 5.31.